The highest BCUT2D eigenvalue weighted by molar-refractivity contribution is 5.93. The van der Waals surface area contributed by atoms with Crippen molar-refractivity contribution < 1.29 is 4.79 Å². The molecule has 0 aromatic carbocycles. The van der Waals surface area contributed by atoms with Crippen molar-refractivity contribution in [2.45, 2.75) is 26.4 Å². The van der Waals surface area contributed by atoms with E-state index < -0.39 is 0 Å². The average molecular weight is 300 g/mol. The van der Waals surface area contributed by atoms with Crippen LogP contribution in [0.4, 0.5) is 10.5 Å². The first kappa shape index (κ1) is 14.0. The van der Waals surface area contributed by atoms with Crippen LogP contribution >= 0.6 is 0 Å². The molecule has 0 spiro atoms. The van der Waals surface area contributed by atoms with Crippen LogP contribution in [0.25, 0.3) is 5.65 Å². The summed E-state index contributed by atoms with van der Waals surface area (Å²) >= 11 is 0. The van der Waals surface area contributed by atoms with Gasteiger partial charge in [-0.25, -0.2) is 19.3 Å². The van der Waals surface area contributed by atoms with E-state index in [9.17, 15) is 4.79 Å². The van der Waals surface area contributed by atoms with Gasteiger partial charge in [-0.05, 0) is 26.0 Å². The van der Waals surface area contributed by atoms with E-state index in [1.165, 1.54) is 6.33 Å². The minimum absolute atomic E-state index is 0.0963. The van der Waals surface area contributed by atoms with E-state index >= 15 is 0 Å². The van der Waals surface area contributed by atoms with Gasteiger partial charge in [0.05, 0.1) is 12.2 Å². The fraction of sp³-hybridized carbons (Fsp3) is 0.308. The Morgan fingerprint density at radius 2 is 2.32 bits per heavy atom. The number of nitrogens with zero attached hydrogens (tertiary/aromatic N) is 6. The molecule has 2 amide bonds. The zero-order chi connectivity index (χ0) is 15.5. The molecule has 2 N–H and O–H groups in total. The van der Waals surface area contributed by atoms with Crippen molar-refractivity contribution >= 4 is 17.4 Å². The summed E-state index contributed by atoms with van der Waals surface area (Å²) in [5.74, 6) is 0.647. The molecule has 0 saturated carbocycles. The fourth-order valence-corrected chi connectivity index (χ4v) is 2.15. The molecular weight excluding hydrogens is 284 g/mol. The number of hydrogen-bond acceptors (Lipinski definition) is 5. The second-order valence-electron chi connectivity index (χ2n) is 4.97. The molecule has 0 radical (unpaired) electrons. The molecule has 0 saturated heterocycles. The third-order valence-electron chi connectivity index (χ3n) is 3.02. The van der Waals surface area contributed by atoms with Crippen LogP contribution in [0.15, 0.2) is 31.0 Å². The molecule has 3 aromatic rings. The molecule has 0 fully saturated rings. The van der Waals surface area contributed by atoms with Gasteiger partial charge in [-0.1, -0.05) is 0 Å². The Morgan fingerprint density at radius 3 is 3.09 bits per heavy atom. The highest BCUT2D eigenvalue weighted by Gasteiger charge is 2.11. The van der Waals surface area contributed by atoms with Gasteiger partial charge in [0.1, 0.15) is 18.5 Å². The smallest absolute Gasteiger partial charge is 0.319 e. The second-order valence-corrected chi connectivity index (χ2v) is 4.97. The molecule has 1 unspecified atom stereocenters. The van der Waals surface area contributed by atoms with Gasteiger partial charge in [0.15, 0.2) is 5.65 Å². The molecular formula is C13H16N8O. The summed E-state index contributed by atoms with van der Waals surface area (Å²) in [4.78, 5) is 20.2. The first-order chi connectivity index (χ1) is 10.6. The zero-order valence-corrected chi connectivity index (χ0v) is 12.3. The van der Waals surface area contributed by atoms with Crippen molar-refractivity contribution in [2.75, 3.05) is 5.32 Å². The number of hydrogen-bond donors (Lipinski definition) is 2. The first-order valence-electron chi connectivity index (χ1n) is 6.84. The number of rotatable bonds is 4. The molecule has 3 aromatic heterocycles. The highest BCUT2D eigenvalue weighted by Crippen LogP contribution is 2.14. The Kier molecular flexibility index (Phi) is 3.69. The van der Waals surface area contributed by atoms with Crippen LogP contribution in [0, 0.1) is 6.92 Å². The summed E-state index contributed by atoms with van der Waals surface area (Å²) in [5.41, 5.74) is 1.22. The first-order valence-corrected chi connectivity index (χ1v) is 6.84. The number of amides is 2. The monoisotopic (exact) mass is 300 g/mol. The predicted octanol–water partition coefficient (Wildman–Crippen LogP) is 0.839. The molecule has 114 valence electrons. The van der Waals surface area contributed by atoms with Crippen LogP contribution in [0.3, 0.4) is 0 Å². The third kappa shape index (κ3) is 3.03. The van der Waals surface area contributed by atoms with E-state index in [-0.39, 0.29) is 12.1 Å². The lowest BCUT2D eigenvalue weighted by atomic mass is 10.3. The molecule has 1 atom stereocenters. The Bertz CT molecular complexity index is 779. The van der Waals surface area contributed by atoms with Crippen molar-refractivity contribution in [2.24, 2.45) is 0 Å². The van der Waals surface area contributed by atoms with Gasteiger partial charge < -0.3 is 10.6 Å². The number of carbonyl (C=O) groups excluding carboxylic acids is 1. The maximum Gasteiger partial charge on any atom is 0.319 e. The van der Waals surface area contributed by atoms with Crippen molar-refractivity contribution in [1.29, 1.82) is 0 Å². The van der Waals surface area contributed by atoms with E-state index in [0.29, 0.717) is 23.7 Å². The predicted molar refractivity (Wildman–Crippen MR) is 79.4 cm³/mol. The number of nitrogens with one attached hydrogen (secondary N) is 2. The molecule has 0 aliphatic heterocycles. The van der Waals surface area contributed by atoms with Gasteiger partial charge in [-0.15, -0.1) is 0 Å². The molecule has 3 rings (SSSR count). The SMILES string of the molecule is Cc1nc2c(NC(=O)NC(C)Cn3cncn3)cccn2n1. The van der Waals surface area contributed by atoms with Crippen molar-refractivity contribution in [3.63, 3.8) is 0 Å². The molecule has 3 heterocycles. The van der Waals surface area contributed by atoms with Gasteiger partial charge >= 0.3 is 6.03 Å². The van der Waals surface area contributed by atoms with E-state index in [1.807, 2.05) is 6.92 Å². The fourth-order valence-electron chi connectivity index (χ4n) is 2.15. The van der Waals surface area contributed by atoms with E-state index in [4.69, 9.17) is 0 Å². The Labute approximate surface area is 126 Å². The minimum atomic E-state index is -0.304. The summed E-state index contributed by atoms with van der Waals surface area (Å²) in [6.45, 7) is 4.24. The average Bonchev–Trinajstić information content (AvgIpc) is 3.07. The van der Waals surface area contributed by atoms with Gasteiger partial charge in [-0.3, -0.25) is 4.68 Å². The Morgan fingerprint density at radius 1 is 1.45 bits per heavy atom. The summed E-state index contributed by atoms with van der Waals surface area (Å²) in [6.07, 6.45) is 4.85. The lowest BCUT2D eigenvalue weighted by Crippen LogP contribution is -2.38. The van der Waals surface area contributed by atoms with E-state index in [2.05, 4.69) is 30.8 Å². The number of urea groups is 1. The van der Waals surface area contributed by atoms with Crippen molar-refractivity contribution in [1.82, 2.24) is 34.7 Å². The van der Waals surface area contributed by atoms with E-state index in [0.717, 1.165) is 0 Å². The number of pyridine rings is 1. The Hall–Kier alpha value is -2.97. The largest absolute Gasteiger partial charge is 0.334 e. The standard InChI is InChI=1S/C13H16N8O/c1-9(6-20-8-14-7-15-20)16-13(22)18-11-4-3-5-21-12(11)17-10(2)19-21/h3-5,7-9H,6H2,1-2H3,(H2,16,18,22). The normalized spacial score (nSPS) is 12.3. The minimum Gasteiger partial charge on any atom is -0.334 e. The van der Waals surface area contributed by atoms with Crippen LogP contribution in [-0.4, -0.2) is 41.4 Å². The molecule has 0 aliphatic carbocycles. The topological polar surface area (TPSA) is 102 Å². The van der Waals surface area contributed by atoms with Gasteiger partial charge in [-0.2, -0.15) is 10.2 Å². The van der Waals surface area contributed by atoms with Crippen LogP contribution in [0.2, 0.25) is 0 Å². The highest BCUT2D eigenvalue weighted by atomic mass is 16.2. The van der Waals surface area contributed by atoms with Gasteiger partial charge in [0.2, 0.25) is 0 Å². The maximum absolute atomic E-state index is 12.1. The molecule has 9 nitrogen and oxygen atoms in total. The van der Waals surface area contributed by atoms with E-state index in [1.54, 1.807) is 40.8 Å². The summed E-state index contributed by atoms with van der Waals surface area (Å²) in [7, 11) is 0. The van der Waals surface area contributed by atoms with Crippen LogP contribution in [0.1, 0.15) is 12.7 Å². The van der Waals surface area contributed by atoms with Crippen molar-refractivity contribution in [3.8, 4) is 0 Å². The Balaban J connectivity index is 1.65. The number of aromatic nitrogens is 6. The summed E-state index contributed by atoms with van der Waals surface area (Å²) in [6, 6.07) is 3.18. The number of anilines is 1. The molecule has 22 heavy (non-hydrogen) atoms. The summed E-state index contributed by atoms with van der Waals surface area (Å²) < 4.78 is 3.29. The number of carbonyl (C=O) groups is 1. The third-order valence-corrected chi connectivity index (χ3v) is 3.02. The van der Waals surface area contributed by atoms with Gasteiger partial charge in [0.25, 0.3) is 0 Å². The van der Waals surface area contributed by atoms with Crippen LogP contribution in [0.5, 0.6) is 0 Å². The number of fused-ring (bicyclic) bond motifs is 1. The summed E-state index contributed by atoms with van der Waals surface area (Å²) in [5, 5.41) is 13.8. The number of aryl methyl sites for hydroxylation is 1. The van der Waals surface area contributed by atoms with Crippen LogP contribution in [-0.2, 0) is 6.54 Å². The van der Waals surface area contributed by atoms with Crippen LogP contribution < -0.4 is 10.6 Å². The zero-order valence-electron chi connectivity index (χ0n) is 12.3. The molecule has 0 bridgehead atoms. The quantitative estimate of drug-likeness (QED) is 0.743. The molecule has 9 heteroatoms. The second kappa shape index (κ2) is 5.80. The lowest BCUT2D eigenvalue weighted by Gasteiger charge is -2.14. The molecule has 0 aliphatic rings. The van der Waals surface area contributed by atoms with Gasteiger partial charge in [0, 0.05) is 12.2 Å². The lowest BCUT2D eigenvalue weighted by molar-refractivity contribution is 0.247. The van der Waals surface area contributed by atoms with Crippen molar-refractivity contribution in [3.05, 3.63) is 36.8 Å². The maximum atomic E-state index is 12.1.